The van der Waals surface area contributed by atoms with E-state index in [0.717, 1.165) is 17.7 Å². The minimum atomic E-state index is -3.95. The molecule has 9 heteroatoms. The number of halogens is 3. The average Bonchev–Trinajstić information content (AvgIpc) is 2.58. The molecule has 0 spiro atoms. The first-order chi connectivity index (χ1) is 12.2. The van der Waals surface area contributed by atoms with Crippen LogP contribution in [0, 0.1) is 0 Å². The predicted molar refractivity (Wildman–Crippen MR) is 103 cm³/mol. The first-order valence-electron chi connectivity index (χ1n) is 7.64. The van der Waals surface area contributed by atoms with E-state index >= 15 is 0 Å². The molecule has 0 amide bonds. The molecule has 140 valence electrons. The fourth-order valence-corrected chi connectivity index (χ4v) is 4.62. The van der Waals surface area contributed by atoms with E-state index in [9.17, 15) is 18.3 Å². The summed E-state index contributed by atoms with van der Waals surface area (Å²) in [5.74, 6) is -1.35. The molecule has 0 fully saturated rings. The van der Waals surface area contributed by atoms with Crippen LogP contribution in [0.2, 0.25) is 15.1 Å². The van der Waals surface area contributed by atoms with E-state index in [2.05, 4.69) is 0 Å². The predicted octanol–water partition coefficient (Wildman–Crippen LogP) is 4.60. The summed E-state index contributed by atoms with van der Waals surface area (Å²) in [4.78, 5) is 11.1. The third-order valence-corrected chi connectivity index (χ3v) is 6.93. The van der Waals surface area contributed by atoms with Crippen molar-refractivity contribution in [1.82, 2.24) is 4.31 Å². The van der Waals surface area contributed by atoms with Gasteiger partial charge >= 0.3 is 5.97 Å². The molecule has 5 nitrogen and oxygen atoms in total. The SMILES string of the molecule is CCN(CCc1ccccc1Cl)S(=O)(=O)c1cc(Cl)c(Cl)c(C(=O)O)c1. The highest BCUT2D eigenvalue weighted by atomic mass is 35.5. The molecule has 0 atom stereocenters. The minimum absolute atomic E-state index is 0.132. The Kier molecular flexibility index (Phi) is 6.93. The molecular weight excluding hydrogens is 421 g/mol. The van der Waals surface area contributed by atoms with Crippen molar-refractivity contribution >= 4 is 50.8 Å². The molecule has 2 rings (SSSR count). The highest BCUT2D eigenvalue weighted by Crippen LogP contribution is 2.31. The number of carbonyl (C=O) groups is 1. The van der Waals surface area contributed by atoms with Gasteiger partial charge in [0.25, 0.3) is 0 Å². The Bertz CT molecular complexity index is 932. The van der Waals surface area contributed by atoms with Crippen LogP contribution in [0.15, 0.2) is 41.3 Å². The topological polar surface area (TPSA) is 74.7 Å². The van der Waals surface area contributed by atoms with Gasteiger partial charge in [-0.15, -0.1) is 0 Å². The number of hydrogen-bond acceptors (Lipinski definition) is 3. The lowest BCUT2D eigenvalue weighted by molar-refractivity contribution is 0.0697. The molecule has 0 saturated carbocycles. The fraction of sp³-hybridized carbons (Fsp3) is 0.235. The van der Waals surface area contributed by atoms with Gasteiger partial charge in [-0.05, 0) is 30.2 Å². The van der Waals surface area contributed by atoms with Crippen molar-refractivity contribution in [2.75, 3.05) is 13.1 Å². The van der Waals surface area contributed by atoms with Crippen LogP contribution in [-0.4, -0.2) is 36.9 Å². The number of nitrogens with zero attached hydrogens (tertiary/aromatic N) is 1. The maximum absolute atomic E-state index is 12.9. The highest BCUT2D eigenvalue weighted by Gasteiger charge is 2.26. The monoisotopic (exact) mass is 435 g/mol. The van der Waals surface area contributed by atoms with Crippen molar-refractivity contribution < 1.29 is 18.3 Å². The van der Waals surface area contributed by atoms with Crippen LogP contribution in [0.3, 0.4) is 0 Å². The number of sulfonamides is 1. The van der Waals surface area contributed by atoms with Crippen LogP contribution in [0.1, 0.15) is 22.8 Å². The molecule has 0 aliphatic heterocycles. The van der Waals surface area contributed by atoms with Gasteiger partial charge in [-0.1, -0.05) is 59.9 Å². The van der Waals surface area contributed by atoms with Crippen molar-refractivity contribution in [2.45, 2.75) is 18.2 Å². The van der Waals surface area contributed by atoms with E-state index in [-0.39, 0.29) is 33.6 Å². The molecule has 0 unspecified atom stereocenters. The number of carboxylic acids is 1. The molecular formula is C17H16Cl3NO4S. The second-order valence-electron chi connectivity index (χ2n) is 5.41. The molecule has 0 aliphatic carbocycles. The maximum atomic E-state index is 12.9. The van der Waals surface area contributed by atoms with Gasteiger partial charge in [0.05, 0.1) is 20.5 Å². The van der Waals surface area contributed by atoms with Crippen LogP contribution < -0.4 is 0 Å². The summed E-state index contributed by atoms with van der Waals surface area (Å²) in [6.45, 7) is 2.08. The van der Waals surface area contributed by atoms with Crippen LogP contribution in [0.25, 0.3) is 0 Å². The third kappa shape index (κ3) is 4.50. The maximum Gasteiger partial charge on any atom is 0.337 e. The van der Waals surface area contributed by atoms with Gasteiger partial charge in [0, 0.05) is 18.1 Å². The van der Waals surface area contributed by atoms with E-state index < -0.39 is 16.0 Å². The lowest BCUT2D eigenvalue weighted by atomic mass is 10.1. The number of aromatic carboxylic acids is 1. The number of hydrogen-bond donors (Lipinski definition) is 1. The summed E-state index contributed by atoms with van der Waals surface area (Å²) in [5.41, 5.74) is 0.461. The molecule has 0 bridgehead atoms. The van der Waals surface area contributed by atoms with E-state index in [1.807, 2.05) is 12.1 Å². The van der Waals surface area contributed by atoms with Crippen molar-refractivity contribution in [3.63, 3.8) is 0 Å². The minimum Gasteiger partial charge on any atom is -0.478 e. The Labute approximate surface area is 167 Å². The third-order valence-electron chi connectivity index (χ3n) is 3.81. The fourth-order valence-electron chi connectivity index (χ4n) is 2.41. The zero-order valence-corrected chi connectivity index (χ0v) is 16.8. The summed E-state index contributed by atoms with van der Waals surface area (Å²) >= 11 is 17.9. The van der Waals surface area contributed by atoms with Gasteiger partial charge in [-0.2, -0.15) is 4.31 Å². The summed E-state index contributed by atoms with van der Waals surface area (Å²) in [6, 6.07) is 9.35. The molecule has 0 radical (unpaired) electrons. The summed E-state index contributed by atoms with van der Waals surface area (Å²) in [6.07, 6.45) is 0.417. The van der Waals surface area contributed by atoms with Crippen molar-refractivity contribution in [3.05, 3.63) is 62.6 Å². The molecule has 26 heavy (non-hydrogen) atoms. The Morgan fingerprint density at radius 2 is 1.77 bits per heavy atom. The van der Waals surface area contributed by atoms with Gasteiger partial charge in [-0.3, -0.25) is 0 Å². The van der Waals surface area contributed by atoms with E-state index in [1.54, 1.807) is 19.1 Å². The largest absolute Gasteiger partial charge is 0.478 e. The van der Waals surface area contributed by atoms with Crippen LogP contribution in [0.4, 0.5) is 0 Å². The van der Waals surface area contributed by atoms with Gasteiger partial charge in [0.15, 0.2) is 0 Å². The van der Waals surface area contributed by atoms with Crippen LogP contribution in [0.5, 0.6) is 0 Å². The van der Waals surface area contributed by atoms with Crippen molar-refractivity contribution in [3.8, 4) is 0 Å². The molecule has 2 aromatic rings. The van der Waals surface area contributed by atoms with Crippen LogP contribution >= 0.6 is 34.8 Å². The standard InChI is InChI=1S/C17H16Cl3NO4S/c1-2-21(8-7-11-5-3-4-6-14(11)18)26(24,25)12-9-13(17(22)23)16(20)15(19)10-12/h3-6,9-10H,2,7-8H2,1H3,(H,22,23). The summed E-state index contributed by atoms with van der Waals surface area (Å²) in [5, 5.41) is 9.42. The summed E-state index contributed by atoms with van der Waals surface area (Å²) in [7, 11) is -3.95. The highest BCUT2D eigenvalue weighted by molar-refractivity contribution is 7.89. The zero-order chi connectivity index (χ0) is 19.5. The number of benzene rings is 2. The molecule has 0 aliphatic rings. The van der Waals surface area contributed by atoms with Gasteiger partial charge in [0.1, 0.15) is 0 Å². The van der Waals surface area contributed by atoms with E-state index in [4.69, 9.17) is 34.8 Å². The van der Waals surface area contributed by atoms with Crippen LogP contribution in [-0.2, 0) is 16.4 Å². The zero-order valence-electron chi connectivity index (χ0n) is 13.7. The van der Waals surface area contributed by atoms with Crippen molar-refractivity contribution in [1.29, 1.82) is 0 Å². The van der Waals surface area contributed by atoms with Crippen molar-refractivity contribution in [2.24, 2.45) is 0 Å². The second-order valence-corrected chi connectivity index (χ2v) is 8.54. The summed E-state index contributed by atoms with van der Waals surface area (Å²) < 4.78 is 27.1. The normalized spacial score (nSPS) is 11.7. The van der Waals surface area contributed by atoms with E-state index in [0.29, 0.717) is 11.4 Å². The average molecular weight is 437 g/mol. The van der Waals surface area contributed by atoms with Gasteiger partial charge < -0.3 is 5.11 Å². The first kappa shape index (κ1) is 21.0. The lowest BCUT2D eigenvalue weighted by Gasteiger charge is -2.21. The number of rotatable bonds is 7. The number of likely N-dealkylation sites (N-methyl/N-ethyl adjacent to an activating group) is 1. The Morgan fingerprint density at radius 1 is 1.12 bits per heavy atom. The second kappa shape index (κ2) is 8.59. The van der Waals surface area contributed by atoms with Gasteiger partial charge in [0.2, 0.25) is 10.0 Å². The molecule has 1 N–H and O–H groups in total. The molecule has 0 aromatic heterocycles. The quantitative estimate of drug-likeness (QED) is 0.688. The molecule has 0 saturated heterocycles. The lowest BCUT2D eigenvalue weighted by Crippen LogP contribution is -2.33. The molecule has 2 aromatic carbocycles. The van der Waals surface area contributed by atoms with E-state index in [1.165, 1.54) is 4.31 Å². The first-order valence-corrected chi connectivity index (χ1v) is 10.2. The molecule has 0 heterocycles. The Balaban J connectivity index is 2.35. The Morgan fingerprint density at radius 3 is 2.35 bits per heavy atom. The Hall–Kier alpha value is -1.31. The van der Waals surface area contributed by atoms with Gasteiger partial charge in [-0.25, -0.2) is 13.2 Å². The number of carboxylic acid groups (broad SMARTS) is 1. The smallest absolute Gasteiger partial charge is 0.337 e.